The van der Waals surface area contributed by atoms with Crippen LogP contribution in [0, 0.1) is 0 Å². The third kappa shape index (κ3) is 3.23. The first kappa shape index (κ1) is 15.5. The van der Waals surface area contributed by atoms with Crippen LogP contribution in [-0.4, -0.2) is 35.1 Å². The average Bonchev–Trinajstić information content (AvgIpc) is 2.15. The molecule has 1 rings (SSSR count). The van der Waals surface area contributed by atoms with Crippen molar-refractivity contribution in [3.63, 3.8) is 0 Å². The largest absolute Gasteiger partial charge is 0.478 e. The first-order valence-corrected chi connectivity index (χ1v) is 5.26. The normalized spacial score (nSPS) is 10.4. The molecule has 0 amide bonds. The van der Waals surface area contributed by atoms with Crippen LogP contribution in [0.25, 0.3) is 0 Å². The van der Waals surface area contributed by atoms with Gasteiger partial charge in [0.15, 0.2) is 0 Å². The Kier molecular flexibility index (Phi) is 4.76. The highest BCUT2D eigenvalue weighted by Gasteiger charge is 2.26. The van der Waals surface area contributed by atoms with E-state index in [4.69, 9.17) is 14.8 Å². The van der Waals surface area contributed by atoms with E-state index in [2.05, 4.69) is 0 Å². The summed E-state index contributed by atoms with van der Waals surface area (Å²) < 4.78 is 30.6. The summed E-state index contributed by atoms with van der Waals surface area (Å²) in [6.07, 6.45) is 0. The van der Waals surface area contributed by atoms with Crippen molar-refractivity contribution < 1.29 is 32.8 Å². The first-order valence-electron chi connectivity index (χ1n) is 3.82. The Morgan fingerprint density at radius 3 is 1.59 bits per heavy atom. The second kappa shape index (κ2) is 5.22. The van der Waals surface area contributed by atoms with Crippen LogP contribution >= 0.6 is 9.90 Å². The fourth-order valence-electron chi connectivity index (χ4n) is 1.15. The van der Waals surface area contributed by atoms with Gasteiger partial charge in [0.2, 0.25) is 0 Å². The highest BCUT2D eigenvalue weighted by atomic mass is 32.2. The van der Waals surface area contributed by atoms with Gasteiger partial charge >= 0.3 is 11.9 Å². The SMILES string of the molecule is O=C(O)c1cccc(C(=O)O)c1S(=O)(=O)O.P. The molecule has 0 aliphatic carbocycles. The molecule has 1 aromatic carbocycles. The zero-order chi connectivity index (χ0) is 12.5. The molecule has 1 atom stereocenters. The van der Waals surface area contributed by atoms with Crippen LogP contribution in [0.15, 0.2) is 23.1 Å². The van der Waals surface area contributed by atoms with Crippen molar-refractivity contribution in [2.24, 2.45) is 0 Å². The van der Waals surface area contributed by atoms with Gasteiger partial charge in [0.25, 0.3) is 10.1 Å². The lowest BCUT2D eigenvalue weighted by Crippen LogP contribution is -2.14. The molecule has 94 valence electrons. The van der Waals surface area contributed by atoms with Gasteiger partial charge in [-0.05, 0) is 12.1 Å². The van der Waals surface area contributed by atoms with Crippen LogP contribution < -0.4 is 0 Å². The molecular weight excluding hydrogens is 271 g/mol. The Morgan fingerprint density at radius 1 is 1.00 bits per heavy atom. The van der Waals surface area contributed by atoms with Crippen molar-refractivity contribution >= 4 is 32.0 Å². The van der Waals surface area contributed by atoms with Crippen molar-refractivity contribution in [1.82, 2.24) is 0 Å². The maximum atomic E-state index is 10.9. The molecule has 0 heterocycles. The fourth-order valence-corrected chi connectivity index (χ4v) is 2.02. The second-order valence-corrected chi connectivity index (χ2v) is 4.13. The van der Waals surface area contributed by atoms with E-state index in [1.54, 1.807) is 0 Å². The summed E-state index contributed by atoms with van der Waals surface area (Å²) in [5.41, 5.74) is -1.58. The molecule has 0 fully saturated rings. The molecule has 1 unspecified atom stereocenters. The number of hydrogen-bond donors (Lipinski definition) is 3. The predicted octanol–water partition coefficient (Wildman–Crippen LogP) is 0.388. The highest BCUT2D eigenvalue weighted by molar-refractivity contribution is 7.86. The minimum absolute atomic E-state index is 0. The molecule has 0 aromatic heterocycles. The molecular formula is C8H9O7PS. The van der Waals surface area contributed by atoms with Crippen molar-refractivity contribution in [2.75, 3.05) is 0 Å². The minimum Gasteiger partial charge on any atom is -0.478 e. The van der Waals surface area contributed by atoms with Crippen LogP contribution in [0.3, 0.4) is 0 Å². The molecule has 9 heteroatoms. The van der Waals surface area contributed by atoms with E-state index in [1.807, 2.05) is 0 Å². The second-order valence-electron chi connectivity index (χ2n) is 2.77. The highest BCUT2D eigenvalue weighted by Crippen LogP contribution is 2.20. The molecule has 3 N–H and O–H groups in total. The molecule has 0 aliphatic heterocycles. The van der Waals surface area contributed by atoms with Gasteiger partial charge in [-0.25, -0.2) is 9.59 Å². The molecule has 0 aliphatic rings. The van der Waals surface area contributed by atoms with Crippen LogP contribution in [0.4, 0.5) is 0 Å². The maximum absolute atomic E-state index is 10.9. The van der Waals surface area contributed by atoms with E-state index < -0.39 is 38.1 Å². The van der Waals surface area contributed by atoms with Gasteiger partial charge < -0.3 is 10.2 Å². The van der Waals surface area contributed by atoms with E-state index in [0.29, 0.717) is 0 Å². The Bertz CT molecular complexity index is 531. The number of carboxylic acid groups (broad SMARTS) is 2. The van der Waals surface area contributed by atoms with Gasteiger partial charge in [0.05, 0.1) is 11.1 Å². The fraction of sp³-hybridized carbons (Fsp3) is 0. The summed E-state index contributed by atoms with van der Waals surface area (Å²) >= 11 is 0. The standard InChI is InChI=1S/C8H6O7S.H3P/c9-7(10)4-2-1-3-5(8(11)12)6(4)16(13,14)15;/h1-3H,(H,9,10)(H,11,12)(H,13,14,15);1H3. The minimum atomic E-state index is -4.92. The lowest BCUT2D eigenvalue weighted by molar-refractivity contribution is 0.0688. The number of hydrogen-bond acceptors (Lipinski definition) is 4. The van der Waals surface area contributed by atoms with E-state index in [0.717, 1.165) is 18.2 Å². The van der Waals surface area contributed by atoms with Crippen molar-refractivity contribution in [3.8, 4) is 0 Å². The maximum Gasteiger partial charge on any atom is 0.337 e. The monoisotopic (exact) mass is 280 g/mol. The van der Waals surface area contributed by atoms with Crippen LogP contribution in [0.2, 0.25) is 0 Å². The number of carbonyl (C=O) groups is 2. The zero-order valence-corrected chi connectivity index (χ0v) is 10.6. The molecule has 17 heavy (non-hydrogen) atoms. The number of benzene rings is 1. The summed E-state index contributed by atoms with van der Waals surface area (Å²) in [5, 5.41) is 17.3. The summed E-state index contributed by atoms with van der Waals surface area (Å²) in [7, 11) is -4.92. The van der Waals surface area contributed by atoms with E-state index in [1.165, 1.54) is 0 Å². The average molecular weight is 280 g/mol. The number of rotatable bonds is 3. The Labute approximate surface area is 99.5 Å². The molecule has 7 nitrogen and oxygen atoms in total. The van der Waals surface area contributed by atoms with Crippen LogP contribution in [0.1, 0.15) is 20.7 Å². The topological polar surface area (TPSA) is 129 Å². The molecule has 1 aromatic rings. The van der Waals surface area contributed by atoms with E-state index in [-0.39, 0.29) is 9.90 Å². The quantitative estimate of drug-likeness (QED) is 0.539. The third-order valence-electron chi connectivity index (χ3n) is 1.73. The first-order chi connectivity index (χ1) is 7.25. The molecule has 0 radical (unpaired) electrons. The Morgan fingerprint density at radius 2 is 1.35 bits per heavy atom. The lowest BCUT2D eigenvalue weighted by atomic mass is 10.1. The van der Waals surface area contributed by atoms with Crippen molar-refractivity contribution in [2.45, 2.75) is 4.90 Å². The predicted molar refractivity (Wildman–Crippen MR) is 61.3 cm³/mol. The third-order valence-corrected chi connectivity index (χ3v) is 2.69. The summed E-state index contributed by atoms with van der Waals surface area (Å²) in [4.78, 5) is 20.2. The summed E-state index contributed by atoms with van der Waals surface area (Å²) in [5.74, 6) is -3.29. The van der Waals surface area contributed by atoms with Gasteiger partial charge in [-0.3, -0.25) is 4.55 Å². The van der Waals surface area contributed by atoms with E-state index >= 15 is 0 Å². The van der Waals surface area contributed by atoms with Gasteiger partial charge in [-0.2, -0.15) is 18.3 Å². The van der Waals surface area contributed by atoms with Crippen molar-refractivity contribution in [1.29, 1.82) is 0 Å². The number of aromatic carboxylic acids is 2. The summed E-state index contributed by atoms with van der Waals surface area (Å²) in [6, 6.07) is 2.84. The number of carboxylic acids is 2. The zero-order valence-electron chi connectivity index (χ0n) is 8.32. The van der Waals surface area contributed by atoms with Gasteiger partial charge in [0, 0.05) is 0 Å². The lowest BCUT2D eigenvalue weighted by Gasteiger charge is -2.05. The Balaban J connectivity index is 0.00000256. The molecule has 0 bridgehead atoms. The van der Waals surface area contributed by atoms with Gasteiger partial charge in [-0.15, -0.1) is 0 Å². The van der Waals surface area contributed by atoms with E-state index in [9.17, 15) is 18.0 Å². The van der Waals surface area contributed by atoms with Gasteiger partial charge in [-0.1, -0.05) is 6.07 Å². The van der Waals surface area contributed by atoms with Crippen LogP contribution in [-0.2, 0) is 10.1 Å². The smallest absolute Gasteiger partial charge is 0.337 e. The van der Waals surface area contributed by atoms with Gasteiger partial charge in [0.1, 0.15) is 4.90 Å². The van der Waals surface area contributed by atoms with Crippen molar-refractivity contribution in [3.05, 3.63) is 29.3 Å². The Hall–Kier alpha value is -1.50. The molecule has 0 saturated heterocycles. The molecule has 0 saturated carbocycles. The summed E-state index contributed by atoms with van der Waals surface area (Å²) in [6.45, 7) is 0. The molecule has 0 spiro atoms. The van der Waals surface area contributed by atoms with Crippen LogP contribution in [0.5, 0.6) is 0 Å².